The predicted molar refractivity (Wildman–Crippen MR) is 336 cm³/mol. The molecule has 0 radical (unpaired) electrons. The molecule has 22 heteroatoms. The number of likely N-dealkylation sites (tertiary alicyclic amines) is 2. The lowest BCUT2D eigenvalue weighted by molar-refractivity contribution is -0.143. The monoisotopic (exact) mass is 1220 g/mol. The van der Waals surface area contributed by atoms with Gasteiger partial charge in [0.05, 0.1) is 45.8 Å². The van der Waals surface area contributed by atoms with Gasteiger partial charge in [0.2, 0.25) is 23.6 Å². The molecule has 4 aromatic heterocycles. The number of aliphatic hydroxyl groups is 1. The lowest BCUT2D eigenvalue weighted by atomic mass is 9.90. The van der Waals surface area contributed by atoms with Gasteiger partial charge in [-0.15, -0.1) is 21.5 Å². The van der Waals surface area contributed by atoms with E-state index >= 15 is 0 Å². The summed E-state index contributed by atoms with van der Waals surface area (Å²) in [6.07, 6.45) is 12.3. The number of nitrogens with zero attached hydrogens (tertiary/aromatic N) is 11. The topological polar surface area (TPSA) is 245 Å². The number of aryl methyl sites for hydroxylation is 1. The molecule has 9 heterocycles. The molecule has 21 nitrogen and oxygen atoms in total. The van der Waals surface area contributed by atoms with Crippen molar-refractivity contribution in [2.45, 2.75) is 158 Å². The fourth-order valence-electron chi connectivity index (χ4n) is 14.6. The first kappa shape index (κ1) is 59.6. The van der Waals surface area contributed by atoms with Gasteiger partial charge in [0, 0.05) is 126 Å². The number of nitrogen functional groups attached to an aromatic ring is 1. The summed E-state index contributed by atoms with van der Waals surface area (Å²) in [5.41, 5.74) is 14.0. The molecule has 2 unspecified atom stereocenters. The van der Waals surface area contributed by atoms with Crippen LogP contribution in [0.1, 0.15) is 120 Å². The highest BCUT2D eigenvalue weighted by Crippen LogP contribution is 2.42. The molecule has 7 aliphatic rings. The number of benzene rings is 2. The number of ether oxygens (including phenoxy) is 2. The second-order valence-electron chi connectivity index (χ2n) is 26.0. The molecule has 88 heavy (non-hydrogen) atoms. The minimum atomic E-state index is -0.984. The molecule has 2 aromatic carbocycles. The van der Waals surface area contributed by atoms with Crippen molar-refractivity contribution in [3.63, 3.8) is 0 Å². The van der Waals surface area contributed by atoms with Crippen molar-refractivity contribution >= 4 is 52.1 Å². The van der Waals surface area contributed by atoms with Crippen molar-refractivity contribution < 1.29 is 38.6 Å². The van der Waals surface area contributed by atoms with E-state index in [1.54, 1.807) is 35.4 Å². The number of rotatable bonds is 19. The summed E-state index contributed by atoms with van der Waals surface area (Å²) in [6, 6.07) is 21.6. The number of thiazole rings is 1. The number of aliphatic hydroxyl groups excluding tert-OH is 1. The summed E-state index contributed by atoms with van der Waals surface area (Å²) in [5, 5.41) is 37.7. The zero-order valence-corrected chi connectivity index (χ0v) is 51.7. The lowest BCUT2D eigenvalue weighted by Crippen LogP contribution is -2.54. The van der Waals surface area contributed by atoms with Crippen LogP contribution < -0.4 is 30.5 Å². The first-order valence-electron chi connectivity index (χ1n) is 31.9. The summed E-state index contributed by atoms with van der Waals surface area (Å²) >= 11 is 1.55. The van der Waals surface area contributed by atoms with Crippen molar-refractivity contribution in [1.82, 2.24) is 45.3 Å². The molecule has 6 atom stereocenters. The van der Waals surface area contributed by atoms with Gasteiger partial charge >= 0.3 is 0 Å². The Balaban J connectivity index is 0.551. The van der Waals surface area contributed by atoms with Gasteiger partial charge in [0.15, 0.2) is 17.4 Å². The van der Waals surface area contributed by atoms with E-state index in [9.17, 15) is 24.6 Å². The maximum atomic E-state index is 14.7. The van der Waals surface area contributed by atoms with Crippen LogP contribution in [-0.2, 0) is 19.1 Å². The second kappa shape index (κ2) is 25.6. The maximum Gasteiger partial charge on any atom is 0.249 e. The van der Waals surface area contributed by atoms with Crippen molar-refractivity contribution in [3.05, 3.63) is 102 Å². The first-order chi connectivity index (χ1) is 42.7. The third kappa shape index (κ3) is 12.5. The van der Waals surface area contributed by atoms with Crippen LogP contribution >= 0.6 is 11.3 Å². The highest BCUT2D eigenvalue weighted by molar-refractivity contribution is 7.13. The van der Waals surface area contributed by atoms with Crippen molar-refractivity contribution in [3.8, 4) is 33.3 Å². The minimum absolute atomic E-state index is 0.00661. The molecule has 466 valence electrons. The van der Waals surface area contributed by atoms with E-state index in [-0.39, 0.29) is 60.8 Å². The number of fused-ring (bicyclic) bond motifs is 2. The Morgan fingerprint density at radius 3 is 2.28 bits per heavy atom. The highest BCUT2D eigenvalue weighted by atomic mass is 32.1. The van der Waals surface area contributed by atoms with E-state index in [0.29, 0.717) is 58.1 Å². The molecule has 2 aliphatic carbocycles. The van der Waals surface area contributed by atoms with Gasteiger partial charge in [-0.2, -0.15) is 0 Å². The van der Waals surface area contributed by atoms with E-state index in [1.165, 1.54) is 4.90 Å². The molecular weight excluding hydrogens is 1130 g/mol. The molecule has 5 saturated heterocycles. The van der Waals surface area contributed by atoms with E-state index in [0.717, 1.165) is 144 Å². The zero-order valence-electron chi connectivity index (χ0n) is 50.9. The van der Waals surface area contributed by atoms with Gasteiger partial charge in [-0.25, -0.2) is 9.97 Å². The van der Waals surface area contributed by atoms with Gasteiger partial charge in [-0.1, -0.05) is 55.4 Å². The summed E-state index contributed by atoms with van der Waals surface area (Å²) in [7, 11) is 1.80. The zero-order chi connectivity index (χ0) is 60.7. The Morgan fingerprint density at radius 1 is 0.841 bits per heavy atom. The number of hydrogen-bond donors (Lipinski definition) is 4. The number of hydrogen-bond acceptors (Lipinski definition) is 19. The number of aromatic hydroxyl groups is 1. The molecule has 2 bridgehead atoms. The summed E-state index contributed by atoms with van der Waals surface area (Å²) in [6.45, 7) is 12.2. The molecular formula is C66H83N13O8S. The minimum Gasteiger partial charge on any atom is -0.507 e. The number of nitrogens with two attached hydrogens (primary N) is 1. The van der Waals surface area contributed by atoms with Crippen LogP contribution in [0.15, 0.2) is 89.0 Å². The summed E-state index contributed by atoms with van der Waals surface area (Å²) < 4.78 is 19.1. The van der Waals surface area contributed by atoms with Crippen molar-refractivity contribution in [1.29, 1.82) is 0 Å². The van der Waals surface area contributed by atoms with Gasteiger partial charge in [0.1, 0.15) is 29.9 Å². The van der Waals surface area contributed by atoms with Gasteiger partial charge in [-0.3, -0.25) is 14.4 Å². The van der Waals surface area contributed by atoms with Gasteiger partial charge < -0.3 is 64.7 Å². The number of phenols is 1. The SMILES string of the molecule is Cc1ncsc1-c1ccc([C@@H](NC(=O)[C@@H]2C[C@@H](O)CN2C(=O)[C@H](c2cc(N3CCC(CN4CCC(OC5CC(Oc6cc(N7C8CCC7CN(c7cc(-c9ccccc9O)nnc7N)C8)ccn6)C5)CC4)CC3)no2)C(C)C)C(=O)N(C)C2CCC2)cc1. The fourth-order valence-corrected chi connectivity index (χ4v) is 15.4. The number of para-hydroxylation sites is 1. The summed E-state index contributed by atoms with van der Waals surface area (Å²) in [5.74, 6) is 0.954. The fraction of sp³-hybridized carbons (Fsp3) is 0.545. The third-order valence-corrected chi connectivity index (χ3v) is 20.9. The standard InChI is InChI=1S/C66H83N13O8S/c1-39(2)60(65(83)78-37-48(80)29-55(78)64(82)70-61(66(84)74(4)44-8-7-9-44)42-12-14-43(15-13-42)62-40(3)69-38-88-62)57-33-58(73-87-57)76-26-19-41(20-27-76)34-75-24-21-49(22-25-75)85-50-30-51(31-50)86-59-28-45(18-23-68-59)79-46-16-17-47(79)36-77(35-46)54-32-53(71-72-63(54)67)52-10-5-6-11-56(52)81/h5-6,10-15,18,23,28,32-33,38-39,41,44,46-51,55,60-61,80-81H,7-9,16-17,19-22,24-27,29-31,34-37H2,1-4H3,(H2,67,72)(H,70,82)/t46?,47?,48-,50?,51?,55+,60+,61-/m1/s1. The highest BCUT2D eigenvalue weighted by Gasteiger charge is 2.46. The van der Waals surface area contributed by atoms with E-state index < -0.39 is 30.0 Å². The first-order valence-corrected chi connectivity index (χ1v) is 32.8. The van der Waals surface area contributed by atoms with Crippen LogP contribution in [0.3, 0.4) is 0 Å². The number of nitrogens with one attached hydrogen (secondary N) is 1. The van der Waals surface area contributed by atoms with Crippen LogP contribution in [0.2, 0.25) is 0 Å². The number of piperidine rings is 2. The average molecular weight is 1220 g/mol. The van der Waals surface area contributed by atoms with Crippen LogP contribution in [-0.4, -0.2) is 176 Å². The predicted octanol–water partition coefficient (Wildman–Crippen LogP) is 7.98. The number of piperazine rings is 1. The number of carbonyl (C=O) groups excluding carboxylic acids is 3. The molecule has 3 amide bonds. The Labute approximate surface area is 518 Å². The third-order valence-electron chi connectivity index (χ3n) is 19.9. The molecule has 7 fully saturated rings. The van der Waals surface area contributed by atoms with Gasteiger partial charge in [-0.05, 0) is 112 Å². The largest absolute Gasteiger partial charge is 0.507 e. The smallest absolute Gasteiger partial charge is 0.249 e. The molecule has 5 N–H and O–H groups in total. The van der Waals surface area contributed by atoms with E-state index in [1.807, 2.05) is 81.0 Å². The van der Waals surface area contributed by atoms with Crippen LogP contribution in [0.4, 0.5) is 23.0 Å². The second-order valence-corrected chi connectivity index (χ2v) is 26.9. The van der Waals surface area contributed by atoms with Crippen LogP contribution in [0.5, 0.6) is 11.6 Å². The van der Waals surface area contributed by atoms with Crippen molar-refractivity contribution in [2.24, 2.45) is 11.8 Å². The number of phenolic OH excluding ortho intramolecular Hbond substituents is 1. The molecule has 6 aromatic rings. The Bertz CT molecular complexity index is 3420. The Morgan fingerprint density at radius 2 is 1.59 bits per heavy atom. The van der Waals surface area contributed by atoms with E-state index in [4.69, 9.17) is 19.7 Å². The van der Waals surface area contributed by atoms with Crippen molar-refractivity contribution in [2.75, 3.05) is 79.8 Å². The molecule has 2 saturated carbocycles. The molecule has 13 rings (SSSR count). The Hall–Kier alpha value is -7.40. The van der Waals surface area contributed by atoms with E-state index in [2.05, 4.69) is 62.4 Å². The number of pyridine rings is 1. The average Bonchev–Trinajstić information content (AvgIpc) is 2.16. The molecule has 0 spiro atoms. The number of amides is 3. The maximum absolute atomic E-state index is 14.7. The quantitative estimate of drug-likeness (QED) is 0.0600. The van der Waals surface area contributed by atoms with Crippen LogP contribution in [0, 0.1) is 18.8 Å². The van der Waals surface area contributed by atoms with Crippen LogP contribution in [0.25, 0.3) is 21.7 Å². The number of carbonyl (C=O) groups is 3. The lowest BCUT2D eigenvalue weighted by Gasteiger charge is -2.43. The Kier molecular flexibility index (Phi) is 17.3. The number of likely N-dealkylation sites (N-methyl/N-ethyl adjacent to an activating group) is 1. The summed E-state index contributed by atoms with van der Waals surface area (Å²) in [4.78, 5) is 66.3. The number of aromatic nitrogens is 5. The molecule has 5 aliphatic heterocycles. The van der Waals surface area contributed by atoms with Gasteiger partial charge in [0.25, 0.3) is 0 Å². The normalized spacial score (nSPS) is 24.3. The number of β-amino-alcohol motifs (C(OH)–C–C–N with tert-alkyl or cyclic N) is 1. The number of anilines is 4.